The van der Waals surface area contributed by atoms with Gasteiger partial charge >= 0.3 is 0 Å². The zero-order valence-electron chi connectivity index (χ0n) is 12.3. The number of pyridine rings is 1. The molecule has 2 aromatic rings. The Morgan fingerprint density at radius 3 is 2.83 bits per heavy atom. The molecule has 0 bridgehead atoms. The first kappa shape index (κ1) is 15.8. The van der Waals surface area contributed by atoms with Crippen LogP contribution >= 0.6 is 0 Å². The molecule has 3 rings (SSSR count). The highest BCUT2D eigenvalue weighted by atomic mass is 32.2. The molecule has 8 heteroatoms. The third-order valence-corrected chi connectivity index (χ3v) is 6.02. The first-order valence-corrected chi connectivity index (χ1v) is 8.71. The monoisotopic (exact) mass is 337 g/mol. The molecule has 0 aliphatic carbocycles. The summed E-state index contributed by atoms with van der Waals surface area (Å²) in [6.45, 7) is 0.217. The van der Waals surface area contributed by atoms with Crippen LogP contribution in [0.5, 0.6) is 0 Å². The number of hydrogen-bond acceptors (Lipinski definition) is 4. The van der Waals surface area contributed by atoms with Crippen LogP contribution in [0.15, 0.2) is 35.4 Å². The van der Waals surface area contributed by atoms with E-state index in [4.69, 9.17) is 5.73 Å². The molecule has 0 spiro atoms. The van der Waals surface area contributed by atoms with Gasteiger partial charge in [-0.1, -0.05) is 6.42 Å². The van der Waals surface area contributed by atoms with Gasteiger partial charge in [-0.25, -0.2) is 12.8 Å². The van der Waals surface area contributed by atoms with E-state index in [9.17, 15) is 17.6 Å². The van der Waals surface area contributed by atoms with E-state index < -0.39 is 27.8 Å². The summed E-state index contributed by atoms with van der Waals surface area (Å²) in [5.41, 5.74) is 5.34. The molecule has 1 aromatic carbocycles. The van der Waals surface area contributed by atoms with Gasteiger partial charge < -0.3 is 5.73 Å². The Bertz CT molecular complexity index is 869. The van der Waals surface area contributed by atoms with Crippen molar-refractivity contribution in [2.45, 2.75) is 30.2 Å². The van der Waals surface area contributed by atoms with Crippen LogP contribution in [-0.2, 0) is 14.8 Å². The van der Waals surface area contributed by atoms with Crippen LogP contribution < -0.4 is 5.73 Å². The molecule has 1 unspecified atom stereocenters. The Hall–Kier alpha value is -2.06. The maximum Gasteiger partial charge on any atom is 0.244 e. The number of amides is 1. The predicted octanol–water partition coefficient (Wildman–Crippen LogP) is 1.40. The van der Waals surface area contributed by atoms with Gasteiger partial charge in [0, 0.05) is 18.1 Å². The van der Waals surface area contributed by atoms with E-state index in [1.807, 2.05) is 0 Å². The smallest absolute Gasteiger partial charge is 0.244 e. The number of nitrogens with zero attached hydrogens (tertiary/aromatic N) is 2. The molecule has 1 aromatic heterocycles. The maximum absolute atomic E-state index is 13.9. The van der Waals surface area contributed by atoms with Crippen LogP contribution in [0.3, 0.4) is 0 Å². The zero-order chi connectivity index (χ0) is 16.6. The lowest BCUT2D eigenvalue weighted by Gasteiger charge is -2.32. The number of carbonyl (C=O) groups is 1. The fraction of sp³-hybridized carbons (Fsp3) is 0.333. The molecule has 122 valence electrons. The number of hydrogen-bond donors (Lipinski definition) is 1. The summed E-state index contributed by atoms with van der Waals surface area (Å²) in [5, 5.41) is 0.196. The van der Waals surface area contributed by atoms with Gasteiger partial charge in [-0.2, -0.15) is 4.31 Å². The van der Waals surface area contributed by atoms with Crippen molar-refractivity contribution in [3.05, 3.63) is 36.3 Å². The number of fused-ring (bicyclic) bond motifs is 1. The van der Waals surface area contributed by atoms with Gasteiger partial charge in [0.1, 0.15) is 17.4 Å². The minimum Gasteiger partial charge on any atom is -0.368 e. The number of carbonyl (C=O) groups excluding carboxylic acids is 1. The second-order valence-corrected chi connectivity index (χ2v) is 7.33. The average Bonchev–Trinajstić information content (AvgIpc) is 2.55. The first-order chi connectivity index (χ1) is 10.9. The number of piperidine rings is 1. The molecular weight excluding hydrogens is 321 g/mol. The minimum atomic E-state index is -3.97. The summed E-state index contributed by atoms with van der Waals surface area (Å²) < 4.78 is 41.0. The van der Waals surface area contributed by atoms with E-state index in [1.54, 1.807) is 6.07 Å². The van der Waals surface area contributed by atoms with E-state index in [2.05, 4.69) is 4.98 Å². The molecular formula is C15H16FN3O3S. The van der Waals surface area contributed by atoms with Crippen LogP contribution in [0.4, 0.5) is 4.39 Å². The number of aromatic nitrogens is 1. The van der Waals surface area contributed by atoms with Gasteiger partial charge in [0.25, 0.3) is 0 Å². The van der Waals surface area contributed by atoms with Crippen molar-refractivity contribution in [3.63, 3.8) is 0 Å². The van der Waals surface area contributed by atoms with E-state index in [0.717, 1.165) is 16.8 Å². The van der Waals surface area contributed by atoms with Crippen LogP contribution in [-0.4, -0.2) is 36.2 Å². The van der Waals surface area contributed by atoms with Gasteiger partial charge in [-0.05, 0) is 37.1 Å². The van der Waals surface area contributed by atoms with Crippen molar-refractivity contribution in [2.24, 2.45) is 5.73 Å². The van der Waals surface area contributed by atoms with Crippen molar-refractivity contribution >= 4 is 26.8 Å². The number of nitrogens with two attached hydrogens (primary N) is 1. The average molecular weight is 337 g/mol. The Labute approximate surface area is 133 Å². The standard InChI is InChI=1S/C15H16FN3O3S/c16-11-6-7-13(10-4-3-8-18-14(10)11)23(21,22)19-9-2-1-5-12(19)15(17)20/h3-4,6-8,12H,1-2,5,9H2,(H2,17,20). The summed E-state index contributed by atoms with van der Waals surface area (Å²) in [4.78, 5) is 15.4. The normalized spacial score (nSPS) is 19.8. The lowest BCUT2D eigenvalue weighted by Crippen LogP contribution is -2.50. The SMILES string of the molecule is NC(=O)C1CCCCN1S(=O)(=O)c1ccc(F)c2ncccc12. The van der Waals surface area contributed by atoms with E-state index in [1.165, 1.54) is 18.3 Å². The van der Waals surface area contributed by atoms with Gasteiger partial charge in [0.2, 0.25) is 15.9 Å². The predicted molar refractivity (Wildman–Crippen MR) is 82.4 cm³/mol. The maximum atomic E-state index is 13.9. The lowest BCUT2D eigenvalue weighted by molar-refractivity contribution is -0.122. The van der Waals surface area contributed by atoms with Gasteiger partial charge in [0.05, 0.1) is 4.90 Å². The van der Waals surface area contributed by atoms with Crippen molar-refractivity contribution < 1.29 is 17.6 Å². The summed E-state index contributed by atoms with van der Waals surface area (Å²) in [6, 6.07) is 4.46. The molecule has 6 nitrogen and oxygen atoms in total. The fourth-order valence-corrected chi connectivity index (χ4v) is 4.79. The van der Waals surface area contributed by atoms with E-state index in [-0.39, 0.29) is 22.3 Å². The third kappa shape index (κ3) is 2.68. The van der Waals surface area contributed by atoms with E-state index >= 15 is 0 Å². The highest BCUT2D eigenvalue weighted by Gasteiger charge is 2.37. The molecule has 0 radical (unpaired) electrons. The molecule has 1 saturated heterocycles. The van der Waals surface area contributed by atoms with Crippen LogP contribution in [0.2, 0.25) is 0 Å². The molecule has 0 saturated carbocycles. The van der Waals surface area contributed by atoms with E-state index in [0.29, 0.717) is 12.8 Å². The Balaban J connectivity index is 2.17. The zero-order valence-corrected chi connectivity index (χ0v) is 13.1. The van der Waals surface area contributed by atoms with Crippen molar-refractivity contribution in [1.82, 2.24) is 9.29 Å². The number of benzene rings is 1. The number of primary amides is 1. The Morgan fingerprint density at radius 2 is 2.09 bits per heavy atom. The second-order valence-electron chi connectivity index (χ2n) is 5.47. The Morgan fingerprint density at radius 1 is 1.30 bits per heavy atom. The largest absolute Gasteiger partial charge is 0.368 e. The number of halogens is 1. The number of sulfonamides is 1. The molecule has 2 N–H and O–H groups in total. The topological polar surface area (TPSA) is 93.4 Å². The molecule has 23 heavy (non-hydrogen) atoms. The molecule has 1 atom stereocenters. The highest BCUT2D eigenvalue weighted by Crippen LogP contribution is 2.30. The van der Waals surface area contributed by atoms with Crippen molar-refractivity contribution in [2.75, 3.05) is 6.54 Å². The Kier molecular flexibility index (Phi) is 4.03. The summed E-state index contributed by atoms with van der Waals surface area (Å²) in [6.07, 6.45) is 3.19. The first-order valence-electron chi connectivity index (χ1n) is 7.27. The van der Waals surface area contributed by atoms with Crippen molar-refractivity contribution in [3.8, 4) is 0 Å². The molecule has 1 fully saturated rings. The van der Waals surface area contributed by atoms with Crippen LogP contribution in [0.25, 0.3) is 10.9 Å². The molecule has 2 heterocycles. The van der Waals surface area contributed by atoms with Gasteiger partial charge in [0.15, 0.2) is 0 Å². The fourth-order valence-electron chi connectivity index (χ4n) is 2.94. The lowest BCUT2D eigenvalue weighted by atomic mass is 10.0. The van der Waals surface area contributed by atoms with Gasteiger partial charge in [-0.3, -0.25) is 9.78 Å². The van der Waals surface area contributed by atoms with Crippen LogP contribution in [0.1, 0.15) is 19.3 Å². The quantitative estimate of drug-likeness (QED) is 0.916. The number of rotatable bonds is 3. The summed E-state index contributed by atoms with van der Waals surface area (Å²) in [5.74, 6) is -1.26. The second kappa shape index (κ2) is 5.86. The molecule has 1 aliphatic rings. The van der Waals surface area contributed by atoms with Crippen LogP contribution in [0, 0.1) is 5.82 Å². The minimum absolute atomic E-state index is 0.0128. The van der Waals surface area contributed by atoms with Gasteiger partial charge in [-0.15, -0.1) is 0 Å². The molecule has 1 amide bonds. The highest BCUT2D eigenvalue weighted by molar-refractivity contribution is 7.89. The summed E-state index contributed by atoms with van der Waals surface area (Å²) in [7, 11) is -3.97. The van der Waals surface area contributed by atoms with Crippen molar-refractivity contribution in [1.29, 1.82) is 0 Å². The summed E-state index contributed by atoms with van der Waals surface area (Å²) >= 11 is 0. The third-order valence-electron chi connectivity index (χ3n) is 4.05. The molecule has 1 aliphatic heterocycles.